The zero-order valence-corrected chi connectivity index (χ0v) is 15.2. The van der Waals surface area contributed by atoms with Gasteiger partial charge in [-0.3, -0.25) is 4.79 Å². The number of rotatable bonds is 6. The number of carbonyl (C=O) groups is 1. The molecule has 2 aromatic carbocycles. The topological polar surface area (TPSA) is 66.5 Å². The fraction of sp³-hybridized carbons (Fsp3) is 0.278. The molecule has 134 valence electrons. The van der Waals surface area contributed by atoms with Crippen molar-refractivity contribution in [3.8, 4) is 0 Å². The van der Waals surface area contributed by atoms with E-state index in [0.29, 0.717) is 5.56 Å². The van der Waals surface area contributed by atoms with Crippen molar-refractivity contribution in [1.82, 2.24) is 9.62 Å². The third-order valence-corrected chi connectivity index (χ3v) is 5.15. The van der Waals surface area contributed by atoms with E-state index in [0.717, 1.165) is 0 Å². The van der Waals surface area contributed by atoms with Crippen molar-refractivity contribution in [2.75, 3.05) is 7.05 Å². The van der Waals surface area contributed by atoms with Crippen molar-refractivity contribution < 1.29 is 17.6 Å². The molecule has 0 fully saturated rings. The number of carbonyl (C=O) groups excluding carboxylic acids is 1. The molecular formula is C18H21FN2O3S. The van der Waals surface area contributed by atoms with Gasteiger partial charge < -0.3 is 4.90 Å². The molecule has 0 radical (unpaired) electrons. The van der Waals surface area contributed by atoms with Gasteiger partial charge in [0.05, 0.1) is 4.90 Å². The van der Waals surface area contributed by atoms with E-state index in [2.05, 4.69) is 4.72 Å². The minimum Gasteiger partial charge on any atom is -0.337 e. The second kappa shape index (κ2) is 7.76. The lowest BCUT2D eigenvalue weighted by atomic mass is 10.1. The van der Waals surface area contributed by atoms with Crippen molar-refractivity contribution in [1.29, 1.82) is 0 Å². The molecule has 0 spiro atoms. The Morgan fingerprint density at radius 1 is 1.16 bits per heavy atom. The molecule has 0 aromatic heterocycles. The largest absolute Gasteiger partial charge is 0.337 e. The van der Waals surface area contributed by atoms with E-state index in [4.69, 9.17) is 0 Å². The first-order chi connectivity index (χ1) is 11.7. The summed E-state index contributed by atoms with van der Waals surface area (Å²) < 4.78 is 40.7. The lowest BCUT2D eigenvalue weighted by molar-refractivity contribution is 0.0783. The Hall–Kier alpha value is -2.25. The number of halogens is 1. The highest BCUT2D eigenvalue weighted by Crippen LogP contribution is 2.15. The molecular weight excluding hydrogens is 343 g/mol. The molecule has 0 saturated heterocycles. The molecule has 2 aromatic rings. The third kappa shape index (κ3) is 4.87. The van der Waals surface area contributed by atoms with E-state index >= 15 is 0 Å². The predicted molar refractivity (Wildman–Crippen MR) is 94.1 cm³/mol. The van der Waals surface area contributed by atoms with Gasteiger partial charge in [0.15, 0.2) is 0 Å². The smallest absolute Gasteiger partial charge is 0.253 e. The molecule has 1 N–H and O–H groups in total. The van der Waals surface area contributed by atoms with Gasteiger partial charge in [-0.05, 0) is 38.1 Å². The van der Waals surface area contributed by atoms with E-state index in [1.54, 1.807) is 39.1 Å². The minimum absolute atomic E-state index is 0.0198. The predicted octanol–water partition coefficient (Wildman–Crippen LogP) is 2.78. The highest BCUT2D eigenvalue weighted by atomic mass is 32.2. The molecule has 7 heteroatoms. The number of amides is 1. The van der Waals surface area contributed by atoms with E-state index in [9.17, 15) is 17.6 Å². The van der Waals surface area contributed by atoms with Gasteiger partial charge in [0.1, 0.15) is 5.82 Å². The maximum atomic E-state index is 13.7. The SMILES string of the molecule is CC(C)NS(=O)(=O)c1cccc(C(=O)N(C)Cc2ccccc2F)c1. The quantitative estimate of drug-likeness (QED) is 0.857. The Labute approximate surface area is 147 Å². The van der Waals surface area contributed by atoms with Crippen molar-refractivity contribution in [3.05, 3.63) is 65.5 Å². The number of sulfonamides is 1. The van der Waals surface area contributed by atoms with Crippen LogP contribution in [0.15, 0.2) is 53.4 Å². The summed E-state index contributed by atoms with van der Waals surface area (Å²) in [4.78, 5) is 13.9. The fourth-order valence-corrected chi connectivity index (χ4v) is 3.65. The molecule has 0 saturated carbocycles. The summed E-state index contributed by atoms with van der Waals surface area (Å²) in [6.45, 7) is 3.52. The van der Waals surface area contributed by atoms with Crippen LogP contribution >= 0.6 is 0 Å². The first kappa shape index (κ1) is 19.1. The van der Waals surface area contributed by atoms with Gasteiger partial charge in [-0.2, -0.15) is 0 Å². The zero-order chi connectivity index (χ0) is 18.6. The van der Waals surface area contributed by atoms with Crippen LogP contribution in [-0.2, 0) is 16.6 Å². The molecule has 1 amide bonds. The van der Waals surface area contributed by atoms with Gasteiger partial charge in [-0.15, -0.1) is 0 Å². The second-order valence-corrected chi connectivity index (χ2v) is 7.77. The molecule has 25 heavy (non-hydrogen) atoms. The Balaban J connectivity index is 2.22. The third-order valence-electron chi connectivity index (χ3n) is 3.49. The van der Waals surface area contributed by atoms with Crippen LogP contribution in [0.5, 0.6) is 0 Å². The highest BCUT2D eigenvalue weighted by molar-refractivity contribution is 7.89. The average Bonchev–Trinajstić information content (AvgIpc) is 2.55. The van der Waals surface area contributed by atoms with Gasteiger partial charge >= 0.3 is 0 Å². The van der Waals surface area contributed by atoms with Gasteiger partial charge in [-0.1, -0.05) is 24.3 Å². The van der Waals surface area contributed by atoms with Crippen LogP contribution in [0.2, 0.25) is 0 Å². The first-order valence-corrected chi connectivity index (χ1v) is 9.30. The van der Waals surface area contributed by atoms with E-state index < -0.39 is 10.0 Å². The van der Waals surface area contributed by atoms with E-state index in [1.807, 2.05) is 0 Å². The number of nitrogens with zero attached hydrogens (tertiary/aromatic N) is 1. The van der Waals surface area contributed by atoms with Crippen molar-refractivity contribution in [2.24, 2.45) is 0 Å². The number of benzene rings is 2. The molecule has 0 atom stereocenters. The molecule has 0 bridgehead atoms. The standard InChI is InChI=1S/C18H21FN2O3S/c1-13(2)20-25(23,24)16-9-6-8-14(11-16)18(22)21(3)12-15-7-4-5-10-17(15)19/h4-11,13,20H,12H2,1-3H3. The van der Waals surface area contributed by atoms with Crippen LogP contribution in [0.1, 0.15) is 29.8 Å². The van der Waals surface area contributed by atoms with E-state index in [1.165, 1.54) is 35.2 Å². The monoisotopic (exact) mass is 364 g/mol. The summed E-state index contributed by atoms with van der Waals surface area (Å²) in [7, 11) is -2.14. The maximum absolute atomic E-state index is 13.7. The highest BCUT2D eigenvalue weighted by Gasteiger charge is 2.19. The first-order valence-electron chi connectivity index (χ1n) is 7.82. The molecule has 2 rings (SSSR count). The lowest BCUT2D eigenvalue weighted by Gasteiger charge is -2.18. The van der Waals surface area contributed by atoms with Crippen LogP contribution in [0, 0.1) is 5.82 Å². The van der Waals surface area contributed by atoms with Crippen LogP contribution < -0.4 is 4.72 Å². The molecule has 0 aliphatic rings. The Morgan fingerprint density at radius 3 is 2.48 bits per heavy atom. The molecule has 5 nitrogen and oxygen atoms in total. The Bertz CT molecular complexity index is 866. The Kier molecular flexibility index (Phi) is 5.92. The summed E-state index contributed by atoms with van der Waals surface area (Å²) in [5.74, 6) is -0.774. The van der Waals surface area contributed by atoms with Gasteiger partial charge in [0.25, 0.3) is 5.91 Å². The maximum Gasteiger partial charge on any atom is 0.253 e. The van der Waals surface area contributed by atoms with Gasteiger partial charge in [-0.25, -0.2) is 17.5 Å². The van der Waals surface area contributed by atoms with Crippen LogP contribution in [0.4, 0.5) is 4.39 Å². The zero-order valence-electron chi connectivity index (χ0n) is 14.4. The van der Waals surface area contributed by atoms with Crippen LogP contribution in [0.25, 0.3) is 0 Å². The molecule has 0 aliphatic heterocycles. The summed E-state index contributed by atoms with van der Waals surface area (Å²) in [6.07, 6.45) is 0. The summed E-state index contributed by atoms with van der Waals surface area (Å²) in [5, 5.41) is 0. The average molecular weight is 364 g/mol. The summed E-state index contributed by atoms with van der Waals surface area (Å²) in [6, 6.07) is 11.8. The van der Waals surface area contributed by atoms with Gasteiger partial charge in [0.2, 0.25) is 10.0 Å². The summed E-state index contributed by atoms with van der Waals surface area (Å²) in [5.41, 5.74) is 0.620. The second-order valence-electron chi connectivity index (χ2n) is 6.06. The number of nitrogens with one attached hydrogen (secondary N) is 1. The number of hydrogen-bond donors (Lipinski definition) is 1. The molecule has 0 heterocycles. The Morgan fingerprint density at radius 2 is 1.84 bits per heavy atom. The minimum atomic E-state index is -3.69. The van der Waals surface area contributed by atoms with Crippen molar-refractivity contribution >= 4 is 15.9 Å². The number of hydrogen-bond acceptors (Lipinski definition) is 3. The van der Waals surface area contributed by atoms with Crippen molar-refractivity contribution in [2.45, 2.75) is 31.3 Å². The van der Waals surface area contributed by atoms with Gasteiger partial charge in [0, 0.05) is 30.8 Å². The lowest BCUT2D eigenvalue weighted by Crippen LogP contribution is -2.31. The van der Waals surface area contributed by atoms with Crippen molar-refractivity contribution in [3.63, 3.8) is 0 Å². The summed E-state index contributed by atoms with van der Waals surface area (Å²) >= 11 is 0. The fourth-order valence-electron chi connectivity index (χ4n) is 2.35. The normalized spacial score (nSPS) is 11.6. The van der Waals surface area contributed by atoms with Crippen LogP contribution in [0.3, 0.4) is 0 Å². The van der Waals surface area contributed by atoms with Crippen LogP contribution in [-0.4, -0.2) is 32.3 Å². The van der Waals surface area contributed by atoms with E-state index in [-0.39, 0.29) is 34.8 Å². The molecule has 0 aliphatic carbocycles. The molecule has 0 unspecified atom stereocenters.